The van der Waals surface area contributed by atoms with Gasteiger partial charge < -0.3 is 19.3 Å². The number of anilines is 1. The van der Waals surface area contributed by atoms with Crippen LogP contribution in [-0.2, 0) is 16.1 Å². The summed E-state index contributed by atoms with van der Waals surface area (Å²) in [7, 11) is 0. The number of hydrogen-bond acceptors (Lipinski definition) is 4. The molecule has 0 aromatic heterocycles. The summed E-state index contributed by atoms with van der Waals surface area (Å²) in [6.07, 6.45) is 0.293. The summed E-state index contributed by atoms with van der Waals surface area (Å²) in [4.78, 5) is 29.7. The number of ether oxygens (including phenoxy) is 2. The van der Waals surface area contributed by atoms with Gasteiger partial charge in [-0.1, -0.05) is 15.9 Å². The maximum absolute atomic E-state index is 13.0. The topological polar surface area (TPSA) is 64.7 Å². The van der Waals surface area contributed by atoms with Crippen LogP contribution in [0.2, 0.25) is 0 Å². The van der Waals surface area contributed by atoms with Crippen molar-refractivity contribution < 1.29 is 28.9 Å². The Labute approximate surface area is 183 Å². The molecule has 2 saturated heterocycles. The normalized spacial score (nSPS) is 25.8. The Kier molecular flexibility index (Phi) is 5.22. The fraction of sp³-hybridized carbons (Fsp3) is 0.364. The van der Waals surface area contributed by atoms with Crippen molar-refractivity contribution in [3.8, 4) is 11.5 Å². The van der Waals surface area contributed by atoms with Crippen LogP contribution in [0.15, 0.2) is 46.9 Å². The van der Waals surface area contributed by atoms with E-state index in [9.17, 15) is 9.59 Å². The van der Waals surface area contributed by atoms with E-state index in [-0.39, 0.29) is 17.9 Å². The van der Waals surface area contributed by atoms with Gasteiger partial charge in [-0.3, -0.25) is 9.59 Å². The first-order valence-electron chi connectivity index (χ1n) is 10.3. The number of amides is 2. The highest BCUT2D eigenvalue weighted by Crippen LogP contribution is 2.32. The lowest BCUT2D eigenvalue weighted by Gasteiger charge is -2.32. The Morgan fingerprint density at radius 3 is 2.47 bits per heavy atom. The zero-order chi connectivity index (χ0) is 20.7. The molecule has 8 heteroatoms. The van der Waals surface area contributed by atoms with Crippen molar-refractivity contribution in [2.75, 3.05) is 37.9 Å². The number of nitrogens with zero attached hydrogens (tertiary/aromatic N) is 1. The van der Waals surface area contributed by atoms with E-state index < -0.39 is 0 Å². The number of carbonyl (C=O) groups excluding carboxylic acids is 2. The molecule has 1 atom stereocenters. The minimum Gasteiger partial charge on any atom is -0.454 e. The van der Waals surface area contributed by atoms with Gasteiger partial charge >= 0.3 is 0 Å². The summed E-state index contributed by atoms with van der Waals surface area (Å²) >= 11 is 3.39. The zero-order valence-corrected chi connectivity index (χ0v) is 18.1. The maximum atomic E-state index is 13.0. The van der Waals surface area contributed by atoms with E-state index in [4.69, 9.17) is 9.47 Å². The zero-order valence-electron chi connectivity index (χ0n) is 16.5. The SMILES string of the molecule is O=C1C[C@@H]([NH+]2CC[NH+](Cc3ccc4c(c3)OCO4)CC2)C(=O)N1c1ccc(Br)cc1. The van der Waals surface area contributed by atoms with Crippen LogP contribution in [0, 0.1) is 0 Å². The van der Waals surface area contributed by atoms with Crippen molar-refractivity contribution in [1.29, 1.82) is 0 Å². The molecule has 0 aliphatic carbocycles. The van der Waals surface area contributed by atoms with E-state index in [1.807, 2.05) is 30.3 Å². The van der Waals surface area contributed by atoms with Crippen LogP contribution in [0.5, 0.6) is 11.5 Å². The van der Waals surface area contributed by atoms with Crippen LogP contribution in [0.3, 0.4) is 0 Å². The van der Waals surface area contributed by atoms with Crippen LogP contribution in [0.1, 0.15) is 12.0 Å². The molecule has 0 unspecified atom stereocenters. The minimum absolute atomic E-state index is 0.0726. The number of rotatable bonds is 4. The van der Waals surface area contributed by atoms with Gasteiger partial charge in [0.15, 0.2) is 17.5 Å². The third kappa shape index (κ3) is 3.71. The summed E-state index contributed by atoms with van der Waals surface area (Å²) in [5.41, 5.74) is 1.88. The van der Waals surface area contributed by atoms with E-state index in [2.05, 4.69) is 28.1 Å². The number of fused-ring (bicyclic) bond motifs is 1. The van der Waals surface area contributed by atoms with Gasteiger partial charge in [-0.2, -0.15) is 0 Å². The average molecular weight is 474 g/mol. The fourth-order valence-electron chi connectivity index (χ4n) is 4.60. The number of imide groups is 1. The molecule has 30 heavy (non-hydrogen) atoms. The lowest BCUT2D eigenvalue weighted by molar-refractivity contribution is -1.02. The fourth-order valence-corrected chi connectivity index (χ4v) is 4.87. The summed E-state index contributed by atoms with van der Waals surface area (Å²) in [5, 5.41) is 0. The summed E-state index contributed by atoms with van der Waals surface area (Å²) in [6.45, 7) is 4.93. The molecule has 0 spiro atoms. The Hall–Kier alpha value is -2.42. The second-order valence-corrected chi connectivity index (χ2v) is 8.99. The molecule has 3 heterocycles. The third-order valence-electron chi connectivity index (χ3n) is 6.21. The second-order valence-electron chi connectivity index (χ2n) is 8.07. The van der Waals surface area contributed by atoms with E-state index in [1.54, 1.807) is 0 Å². The molecule has 0 radical (unpaired) electrons. The van der Waals surface area contributed by atoms with Gasteiger partial charge in [-0.05, 0) is 42.5 Å². The Morgan fingerprint density at radius 2 is 1.70 bits per heavy atom. The Bertz CT molecular complexity index is 973. The molecule has 3 aliphatic heterocycles. The second kappa shape index (κ2) is 8.02. The molecular weight excluding hydrogens is 450 g/mol. The van der Waals surface area contributed by atoms with Gasteiger partial charge in [-0.25, -0.2) is 4.90 Å². The predicted molar refractivity (Wildman–Crippen MR) is 113 cm³/mol. The summed E-state index contributed by atoms with van der Waals surface area (Å²) in [5.74, 6) is 1.45. The molecule has 156 valence electrons. The smallest absolute Gasteiger partial charge is 0.292 e. The molecule has 5 rings (SSSR count). The van der Waals surface area contributed by atoms with Crippen LogP contribution >= 0.6 is 15.9 Å². The molecule has 0 bridgehead atoms. The van der Waals surface area contributed by atoms with Crippen molar-refractivity contribution in [1.82, 2.24) is 0 Å². The van der Waals surface area contributed by atoms with E-state index in [0.717, 1.165) is 48.7 Å². The van der Waals surface area contributed by atoms with Crippen molar-refractivity contribution >= 4 is 33.4 Å². The number of piperazine rings is 1. The Balaban J connectivity index is 1.20. The van der Waals surface area contributed by atoms with Crippen molar-refractivity contribution in [2.24, 2.45) is 0 Å². The maximum Gasteiger partial charge on any atom is 0.292 e. The molecular formula is C22H24BrN3O4+2. The molecule has 0 saturated carbocycles. The highest BCUT2D eigenvalue weighted by Gasteiger charge is 2.46. The van der Waals surface area contributed by atoms with Crippen molar-refractivity contribution in [3.05, 3.63) is 52.5 Å². The molecule has 2 aromatic rings. The van der Waals surface area contributed by atoms with Gasteiger partial charge in [0.2, 0.25) is 12.7 Å². The van der Waals surface area contributed by atoms with E-state index in [1.165, 1.54) is 20.3 Å². The number of nitrogens with one attached hydrogen (secondary N) is 2. The summed E-state index contributed by atoms with van der Waals surface area (Å²) in [6, 6.07) is 13.2. The van der Waals surface area contributed by atoms with Gasteiger partial charge in [-0.15, -0.1) is 0 Å². The first kappa shape index (κ1) is 19.5. The largest absolute Gasteiger partial charge is 0.454 e. The van der Waals surface area contributed by atoms with Crippen molar-refractivity contribution in [3.63, 3.8) is 0 Å². The van der Waals surface area contributed by atoms with E-state index in [0.29, 0.717) is 18.9 Å². The number of carbonyl (C=O) groups is 2. The van der Waals surface area contributed by atoms with Crippen LogP contribution in [0.4, 0.5) is 5.69 Å². The first-order chi connectivity index (χ1) is 14.6. The van der Waals surface area contributed by atoms with E-state index >= 15 is 0 Å². The molecule has 2 fully saturated rings. The molecule has 2 amide bonds. The van der Waals surface area contributed by atoms with Crippen LogP contribution < -0.4 is 24.2 Å². The molecule has 3 aliphatic rings. The lowest BCUT2D eigenvalue weighted by atomic mass is 10.1. The summed E-state index contributed by atoms with van der Waals surface area (Å²) < 4.78 is 11.8. The van der Waals surface area contributed by atoms with Crippen LogP contribution in [-0.4, -0.2) is 50.8 Å². The highest BCUT2D eigenvalue weighted by molar-refractivity contribution is 9.10. The van der Waals surface area contributed by atoms with Gasteiger partial charge in [0.05, 0.1) is 12.1 Å². The molecule has 2 N–H and O–H groups in total. The average Bonchev–Trinajstić information content (AvgIpc) is 3.33. The van der Waals surface area contributed by atoms with Gasteiger partial charge in [0.25, 0.3) is 5.91 Å². The molecule has 7 nitrogen and oxygen atoms in total. The quantitative estimate of drug-likeness (QED) is 0.603. The monoisotopic (exact) mass is 473 g/mol. The number of benzene rings is 2. The van der Waals surface area contributed by atoms with Crippen LogP contribution in [0.25, 0.3) is 0 Å². The number of halogens is 1. The predicted octanol–water partition coefficient (Wildman–Crippen LogP) is -0.207. The number of hydrogen-bond donors (Lipinski definition) is 2. The number of quaternary nitrogens is 2. The van der Waals surface area contributed by atoms with Gasteiger partial charge in [0.1, 0.15) is 32.7 Å². The Morgan fingerprint density at radius 1 is 0.967 bits per heavy atom. The van der Waals surface area contributed by atoms with Gasteiger partial charge in [0, 0.05) is 10.0 Å². The van der Waals surface area contributed by atoms with Crippen molar-refractivity contribution in [2.45, 2.75) is 19.0 Å². The minimum atomic E-state index is -0.270. The first-order valence-corrected chi connectivity index (χ1v) is 11.1. The standard InChI is InChI=1S/C22H22BrN3O4/c23-16-2-4-17(5-3-16)26-21(27)12-18(22(26)28)25-9-7-24(8-10-25)13-15-1-6-19-20(11-15)30-14-29-19/h1-6,11,18H,7-10,12-14H2/p+2/t18-/m1/s1. The lowest BCUT2D eigenvalue weighted by Crippen LogP contribution is -3.29. The molecule has 2 aromatic carbocycles. The third-order valence-corrected chi connectivity index (χ3v) is 6.74. The highest BCUT2D eigenvalue weighted by atomic mass is 79.9.